The summed E-state index contributed by atoms with van der Waals surface area (Å²) in [6.45, 7) is 11.8. The van der Waals surface area contributed by atoms with E-state index in [2.05, 4.69) is 42.5 Å². The molecule has 8 heterocycles. The largest absolute Gasteiger partial charge is 0.469 e. The molecule has 12 rings (SSSR count). The summed E-state index contributed by atoms with van der Waals surface area (Å²) in [5.74, 6) is -14.7. The predicted octanol–water partition coefficient (Wildman–Crippen LogP) is 3.28. The third-order valence-electron chi connectivity index (χ3n) is 23.2. The molecule has 0 radical (unpaired) electrons. The van der Waals surface area contributed by atoms with E-state index in [1.165, 1.54) is 47.3 Å². The molecule has 8 aliphatic rings. The first kappa shape index (κ1) is 95.7. The molecule has 0 spiro atoms. The molecule has 18 atom stereocenters. The fourth-order valence-corrected chi connectivity index (χ4v) is 18.4. The molecular weight excluding hydrogens is 1700 g/mol. The van der Waals surface area contributed by atoms with Crippen molar-refractivity contribution >= 4 is 110 Å². The maximum atomic E-state index is 15.0. The number of benzene rings is 4. The van der Waals surface area contributed by atoms with E-state index in [0.29, 0.717) is 49.2 Å². The van der Waals surface area contributed by atoms with E-state index in [0.717, 1.165) is 45.2 Å². The lowest BCUT2D eigenvalue weighted by Gasteiger charge is -2.39. The Bertz CT molecular complexity index is 4900. The molecule has 4 aromatic carbocycles. The number of nitrogens with zero attached hydrogens (tertiary/aromatic N) is 6. The Balaban J connectivity index is 0.000000245. The lowest BCUT2D eigenvalue weighted by molar-refractivity contribution is -0.163. The summed E-state index contributed by atoms with van der Waals surface area (Å²) in [6, 6.07) is -0.557. The number of rotatable bonds is 16. The Kier molecular flexibility index (Phi) is 30.9. The van der Waals surface area contributed by atoms with Gasteiger partial charge in [-0.25, -0.2) is 45.9 Å². The first-order valence-electron chi connectivity index (χ1n) is 41.5. The van der Waals surface area contributed by atoms with Crippen molar-refractivity contribution in [1.82, 2.24) is 61.3 Å². The summed E-state index contributed by atoms with van der Waals surface area (Å²) >= 11 is 0. The molecule has 0 unspecified atom stereocenters. The molecule has 14 amide bonds. The van der Waals surface area contributed by atoms with Crippen molar-refractivity contribution in [1.29, 1.82) is 0 Å². The normalized spacial score (nSPS) is 27.7. The SMILES string of the molecule is Cc1ccc(NC(=O)N[C@@H](Cc2cc(F)cc(F)c2)C(=O)N[C@@H]2C(=O)N3C[C@H](OP(=O)(O)O)C[C@H]3C(=O)N3CCCC[C@H]3C(=O)N[C@@H](C)C(=O)N3C[C@H](C)C[C@H]3C(=O)O[C@H]2C)cc1.Cc1cccc(NC(=O)N[C@@H](Cc2cc(F)cc(F)c2)C(=O)N[C@@H]2C(=O)N3C[C@H](OP(=O)(O)O)C[C@H]3C(=O)N3CCCC[C@H]3C(=O)N[C@@H](C)C(=O)N3C[C@H](C)C[C@H]3C(=O)O[C@H]2C)c1. The number of urea groups is 2. The van der Waals surface area contributed by atoms with Crippen molar-refractivity contribution < 1.29 is 132 Å². The smallest absolute Gasteiger partial charge is 0.458 e. The number of anilines is 2. The van der Waals surface area contributed by atoms with E-state index in [1.807, 2.05) is 6.92 Å². The average Bonchev–Trinajstić information content (AvgIpc) is 1.62. The Morgan fingerprint density at radius 1 is 0.452 bits per heavy atom. The zero-order valence-electron chi connectivity index (χ0n) is 70.2. The summed E-state index contributed by atoms with van der Waals surface area (Å²) in [5, 5.41) is 20.5. The van der Waals surface area contributed by atoms with Crippen LogP contribution in [0.2, 0.25) is 0 Å². The lowest BCUT2D eigenvalue weighted by Crippen LogP contribution is -2.63. The van der Waals surface area contributed by atoms with Crippen molar-refractivity contribution in [2.24, 2.45) is 11.8 Å². The third kappa shape index (κ3) is 24.4. The van der Waals surface area contributed by atoms with Gasteiger partial charge in [-0.15, -0.1) is 0 Å². The molecule has 44 heteroatoms. The zero-order valence-corrected chi connectivity index (χ0v) is 72.0. The van der Waals surface area contributed by atoms with Gasteiger partial charge in [-0.3, -0.25) is 57.0 Å². The number of carbonyl (C=O) groups excluding carboxylic acids is 14. The number of fused-ring (bicyclic) bond motifs is 6. The minimum Gasteiger partial charge on any atom is -0.458 e. The number of carbonyl (C=O) groups is 14. The molecule has 12 N–H and O–H groups in total. The van der Waals surface area contributed by atoms with Crippen LogP contribution in [0.15, 0.2) is 84.9 Å². The zero-order chi connectivity index (χ0) is 91.8. The number of phosphoric acid groups is 2. The molecule has 126 heavy (non-hydrogen) atoms. The number of esters is 2. The fourth-order valence-electron chi connectivity index (χ4n) is 17.3. The maximum absolute atomic E-state index is 15.0. The van der Waals surface area contributed by atoms with Gasteiger partial charge in [0.05, 0.1) is 12.2 Å². The van der Waals surface area contributed by atoms with Gasteiger partial charge in [-0.1, -0.05) is 43.7 Å². The summed E-state index contributed by atoms with van der Waals surface area (Å²) in [4.78, 5) is 244. The number of aryl methyl sites for hydroxylation is 2. The molecular formula is C82H104F4N14O24P2. The van der Waals surface area contributed by atoms with E-state index in [-0.39, 0.29) is 74.8 Å². The number of piperidine rings is 2. The van der Waals surface area contributed by atoms with Crippen LogP contribution < -0.4 is 42.5 Å². The van der Waals surface area contributed by atoms with Crippen LogP contribution in [0.3, 0.4) is 0 Å². The third-order valence-corrected chi connectivity index (χ3v) is 24.4. The average molecular weight is 1810 g/mol. The van der Waals surface area contributed by atoms with Gasteiger partial charge >= 0.3 is 39.6 Å². The van der Waals surface area contributed by atoms with E-state index < -0.39 is 258 Å². The number of cyclic esters (lactones) is 2. The van der Waals surface area contributed by atoms with Gasteiger partial charge in [0, 0.05) is 88.5 Å². The number of hydrogen-bond donors (Lipinski definition) is 12. The monoisotopic (exact) mass is 1810 g/mol. The molecule has 0 aliphatic carbocycles. The van der Waals surface area contributed by atoms with Crippen LogP contribution in [-0.2, 0) is 98.0 Å². The summed E-state index contributed by atoms with van der Waals surface area (Å²) in [7, 11) is -10.4. The van der Waals surface area contributed by atoms with E-state index in [1.54, 1.807) is 69.3 Å². The first-order chi connectivity index (χ1) is 59.3. The highest BCUT2D eigenvalue weighted by Crippen LogP contribution is 2.43. The minimum atomic E-state index is -5.21. The van der Waals surface area contributed by atoms with Crippen molar-refractivity contribution in [2.75, 3.05) is 49.9 Å². The number of halogens is 4. The molecule has 0 saturated carbocycles. The first-order valence-corrected chi connectivity index (χ1v) is 44.5. The number of ether oxygens (including phenoxy) is 2. The van der Waals surface area contributed by atoms with Crippen LogP contribution in [0.25, 0.3) is 0 Å². The van der Waals surface area contributed by atoms with Crippen molar-refractivity contribution in [3.05, 3.63) is 130 Å². The topological polar surface area (TPSA) is 507 Å². The van der Waals surface area contributed by atoms with Gasteiger partial charge < -0.3 is 101 Å². The van der Waals surface area contributed by atoms with Gasteiger partial charge in [0.2, 0.25) is 59.1 Å². The van der Waals surface area contributed by atoms with Gasteiger partial charge in [0.15, 0.2) is 0 Å². The van der Waals surface area contributed by atoms with Crippen LogP contribution in [0.4, 0.5) is 38.5 Å². The number of phosphoric ester groups is 2. The Morgan fingerprint density at radius 2 is 0.833 bits per heavy atom. The number of nitrogens with one attached hydrogen (secondary N) is 8. The standard InChI is InChI=1S/2C41H52F2N7O12P/c1-21-8-7-9-28(12-21)45-41(57)46-30(16-25-14-26(42)17-27(43)15-25)35(51)47-34-24(4)61-40(56)33-13-22(2)19-49(33)37(53)23(3)44-36(52)31-10-5-6-11-48(31)38(54)32-18-29(62-63(58,59)60)20-50(32)39(34)55;1-21-8-10-28(11-9-21)45-41(57)46-30(16-25-14-26(42)17-27(43)15-25)35(51)47-34-24(4)61-40(56)33-13-22(2)19-49(33)37(53)23(3)44-36(52)31-7-5-6-12-48(31)38(54)32-18-29(62-63(58,59)60)20-50(32)39(34)55/h7-9,12,14-15,17,22-24,29-34H,5-6,10-11,13,16,18-20H2,1-4H3,(H,44,52)(H,47,51)(H2,45,46,57)(H2,58,59,60);8-11,14-15,17,22-24,29-34H,5-7,12-13,16,18-20H2,1-4H3,(H,44,52)(H,47,51)(H2,45,46,57)(H2,58,59,60)/t2*22-,23+,24+,29-,30+,31+,32+,33+,34+/m11/s1. The number of hydrogen-bond acceptors (Lipinski definition) is 20. The van der Waals surface area contributed by atoms with E-state index in [9.17, 15) is 113 Å². The van der Waals surface area contributed by atoms with Crippen LogP contribution in [-0.4, -0.2) is 268 Å². The molecule has 38 nitrogen and oxygen atoms in total. The van der Waals surface area contributed by atoms with Crippen molar-refractivity contribution in [3.63, 3.8) is 0 Å². The second-order valence-corrected chi connectivity index (χ2v) is 35.8. The molecule has 684 valence electrons. The number of amides is 14. The van der Waals surface area contributed by atoms with Gasteiger partial charge in [0.25, 0.3) is 0 Å². The molecule has 8 fully saturated rings. The summed E-state index contributed by atoms with van der Waals surface area (Å²) in [6.07, 6.45) is -5.29. The molecule has 8 saturated heterocycles. The summed E-state index contributed by atoms with van der Waals surface area (Å²) < 4.78 is 103. The van der Waals surface area contributed by atoms with Crippen LogP contribution in [0, 0.1) is 49.0 Å². The van der Waals surface area contributed by atoms with Crippen molar-refractivity contribution in [2.45, 2.75) is 229 Å². The van der Waals surface area contributed by atoms with Gasteiger partial charge in [-0.2, -0.15) is 0 Å². The highest BCUT2D eigenvalue weighted by molar-refractivity contribution is 7.46. The maximum Gasteiger partial charge on any atom is 0.469 e. The highest BCUT2D eigenvalue weighted by Gasteiger charge is 2.54. The quantitative estimate of drug-likeness (QED) is 0.0435. The Hall–Kier alpha value is -11.0. The summed E-state index contributed by atoms with van der Waals surface area (Å²) in [5.41, 5.74) is 2.22. The Labute approximate surface area is 721 Å². The second kappa shape index (κ2) is 40.8. The Morgan fingerprint density at radius 3 is 1.21 bits per heavy atom. The molecule has 0 aromatic heterocycles. The highest BCUT2D eigenvalue weighted by atomic mass is 31.2. The van der Waals surface area contributed by atoms with Gasteiger partial charge in [0.1, 0.15) is 108 Å². The van der Waals surface area contributed by atoms with Crippen LogP contribution >= 0.6 is 15.6 Å². The van der Waals surface area contributed by atoms with Gasteiger partial charge in [-0.05, 0) is 170 Å². The molecule has 0 bridgehead atoms. The van der Waals surface area contributed by atoms with Crippen LogP contribution in [0.1, 0.15) is 128 Å². The second-order valence-electron chi connectivity index (χ2n) is 33.4. The lowest BCUT2D eigenvalue weighted by atomic mass is 9.98. The molecule has 8 aliphatic heterocycles. The van der Waals surface area contributed by atoms with Crippen molar-refractivity contribution in [3.8, 4) is 0 Å². The predicted molar refractivity (Wildman–Crippen MR) is 436 cm³/mol. The van der Waals surface area contributed by atoms with Crippen LogP contribution in [0.5, 0.6) is 0 Å². The minimum absolute atomic E-state index is 0.0559. The fraction of sp³-hybridized carbons (Fsp3) is 0.537. The van der Waals surface area contributed by atoms with E-state index >= 15 is 0 Å². The van der Waals surface area contributed by atoms with E-state index in [4.69, 9.17) is 18.5 Å². The molecule has 4 aromatic rings.